The molecule has 58 valence electrons. The fraction of sp³-hybridized carbons (Fsp3) is 0.833. The fourth-order valence-corrected chi connectivity index (χ4v) is 1.00. The van der Waals surface area contributed by atoms with Crippen molar-refractivity contribution in [3.05, 3.63) is 5.21 Å². The van der Waals surface area contributed by atoms with Gasteiger partial charge in [-0.15, -0.1) is 0 Å². The third-order valence-electron chi connectivity index (χ3n) is 1.68. The van der Waals surface area contributed by atoms with E-state index in [0.29, 0.717) is 26.2 Å². The summed E-state index contributed by atoms with van der Waals surface area (Å²) in [6.07, 6.45) is 0. The maximum Gasteiger partial charge on any atom is 1.00 e. The van der Waals surface area contributed by atoms with Crippen LogP contribution in [0, 0.1) is 5.21 Å². The van der Waals surface area contributed by atoms with Crippen LogP contribution in [-0.2, 0) is 4.79 Å². The normalized spacial score (nSPS) is 19.3. The zero-order valence-corrected chi connectivity index (χ0v) is 12.0. The second kappa shape index (κ2) is 5.77. The third kappa shape index (κ3) is 4.10. The van der Waals surface area contributed by atoms with Crippen LogP contribution < -0.4 is 58.2 Å². The molecule has 4 nitrogen and oxygen atoms in total. The third-order valence-corrected chi connectivity index (χ3v) is 1.68. The standard InChI is InChI=1S/C6H11N2O2.Rb/c1-6(9)7-2-4-8(10)5-3-7;/h2-5H2,1H3;/q-1;+1. The van der Waals surface area contributed by atoms with Crippen LogP contribution in [0.5, 0.6) is 0 Å². The molecule has 1 saturated heterocycles. The average Bonchev–Trinajstić information content (AvgIpc) is 1.88. The molecule has 0 aliphatic carbocycles. The van der Waals surface area contributed by atoms with E-state index in [2.05, 4.69) is 0 Å². The van der Waals surface area contributed by atoms with Crippen LogP contribution in [-0.4, -0.2) is 42.0 Å². The van der Waals surface area contributed by atoms with Gasteiger partial charge in [0.05, 0.1) is 0 Å². The Bertz CT molecular complexity index is 135. The monoisotopic (exact) mass is 228 g/mol. The van der Waals surface area contributed by atoms with Gasteiger partial charge in [-0.1, -0.05) is 0 Å². The number of hydrogen-bond donors (Lipinski definition) is 0. The Kier molecular flexibility index (Phi) is 6.40. The minimum Gasteiger partial charge on any atom is -0.785 e. The Hall–Kier alpha value is 1.20. The molecule has 0 radical (unpaired) electrons. The Morgan fingerprint density at radius 2 is 1.73 bits per heavy atom. The molecular weight excluding hydrogens is 218 g/mol. The van der Waals surface area contributed by atoms with Crippen LogP contribution >= 0.6 is 0 Å². The molecular formula is C6H11N2O2Rb. The van der Waals surface area contributed by atoms with Crippen molar-refractivity contribution in [1.29, 1.82) is 0 Å². The van der Waals surface area contributed by atoms with E-state index in [1.165, 1.54) is 6.92 Å². The number of piperazine rings is 1. The Balaban J connectivity index is 0.000001000. The SMILES string of the molecule is CC(=O)N1CCN([O-])CC1.[Rb+]. The first-order chi connectivity index (χ1) is 4.70. The number of hydroxylamine groups is 2. The molecule has 0 aromatic carbocycles. The molecule has 1 rings (SSSR count). The summed E-state index contributed by atoms with van der Waals surface area (Å²) in [6.45, 7) is 3.61. The molecule has 0 atom stereocenters. The summed E-state index contributed by atoms with van der Waals surface area (Å²) >= 11 is 0. The quantitative estimate of drug-likeness (QED) is 0.435. The van der Waals surface area contributed by atoms with E-state index in [1.807, 2.05) is 0 Å². The summed E-state index contributed by atoms with van der Waals surface area (Å²) in [5.41, 5.74) is 0. The number of carbonyl (C=O) groups excluding carboxylic acids is 1. The van der Waals surface area contributed by atoms with Crippen molar-refractivity contribution in [3.8, 4) is 0 Å². The topological polar surface area (TPSA) is 46.6 Å². The second-order valence-corrected chi connectivity index (χ2v) is 2.44. The minimum atomic E-state index is 0. The van der Waals surface area contributed by atoms with E-state index in [4.69, 9.17) is 0 Å². The molecule has 5 heteroatoms. The van der Waals surface area contributed by atoms with Crippen LogP contribution in [0.2, 0.25) is 0 Å². The van der Waals surface area contributed by atoms with Gasteiger partial charge in [0.1, 0.15) is 0 Å². The second-order valence-electron chi connectivity index (χ2n) is 2.44. The van der Waals surface area contributed by atoms with E-state index < -0.39 is 0 Å². The summed E-state index contributed by atoms with van der Waals surface area (Å²) in [5.74, 6) is 0.0631. The first-order valence-electron chi connectivity index (χ1n) is 3.38. The summed E-state index contributed by atoms with van der Waals surface area (Å²) in [7, 11) is 0. The Morgan fingerprint density at radius 1 is 1.27 bits per heavy atom. The van der Waals surface area contributed by atoms with Gasteiger partial charge in [-0.2, -0.15) is 0 Å². The van der Waals surface area contributed by atoms with Gasteiger partial charge in [-0.3, -0.25) is 4.79 Å². The maximum atomic E-state index is 10.7. The largest absolute Gasteiger partial charge is 1.00 e. The zero-order chi connectivity index (χ0) is 7.56. The van der Waals surface area contributed by atoms with Crippen molar-refractivity contribution in [2.45, 2.75) is 6.92 Å². The first kappa shape index (κ1) is 12.2. The minimum absolute atomic E-state index is 0. The van der Waals surface area contributed by atoms with Gasteiger partial charge < -0.3 is 15.2 Å². The predicted octanol–water partition coefficient (Wildman–Crippen LogP) is -3.35. The van der Waals surface area contributed by atoms with Gasteiger partial charge in [-0.25, -0.2) is 0 Å². The van der Waals surface area contributed by atoms with Crippen molar-refractivity contribution in [3.63, 3.8) is 0 Å². The van der Waals surface area contributed by atoms with E-state index in [1.54, 1.807) is 4.90 Å². The van der Waals surface area contributed by atoms with Gasteiger partial charge in [0, 0.05) is 33.1 Å². The van der Waals surface area contributed by atoms with Crippen LogP contribution in [0.25, 0.3) is 0 Å². The van der Waals surface area contributed by atoms with E-state index >= 15 is 0 Å². The van der Waals surface area contributed by atoms with E-state index in [0.717, 1.165) is 5.06 Å². The maximum absolute atomic E-state index is 10.7. The van der Waals surface area contributed by atoms with Crippen molar-refractivity contribution in [1.82, 2.24) is 9.96 Å². The number of amides is 1. The number of hydrogen-bond acceptors (Lipinski definition) is 3. The molecule has 0 unspecified atom stereocenters. The molecule has 1 heterocycles. The first-order valence-corrected chi connectivity index (χ1v) is 3.38. The van der Waals surface area contributed by atoms with Gasteiger partial charge >= 0.3 is 58.2 Å². The van der Waals surface area contributed by atoms with E-state index in [-0.39, 0.29) is 64.1 Å². The van der Waals surface area contributed by atoms with Crippen molar-refractivity contribution >= 4 is 5.91 Å². The molecule has 0 aromatic heterocycles. The van der Waals surface area contributed by atoms with Crippen molar-refractivity contribution < 1.29 is 63.0 Å². The molecule has 0 saturated carbocycles. The molecule has 1 aliphatic heterocycles. The number of rotatable bonds is 0. The molecule has 0 spiro atoms. The molecule has 11 heavy (non-hydrogen) atoms. The summed E-state index contributed by atoms with van der Waals surface area (Å²) < 4.78 is 0. The molecule has 1 aliphatic rings. The van der Waals surface area contributed by atoms with E-state index in [9.17, 15) is 10.0 Å². The smallest absolute Gasteiger partial charge is 0.785 e. The van der Waals surface area contributed by atoms with Crippen LogP contribution in [0.15, 0.2) is 0 Å². The van der Waals surface area contributed by atoms with Crippen molar-refractivity contribution in [2.24, 2.45) is 0 Å². The summed E-state index contributed by atoms with van der Waals surface area (Å²) in [4.78, 5) is 12.4. The number of nitrogens with zero attached hydrogens (tertiary/aromatic N) is 2. The van der Waals surface area contributed by atoms with Gasteiger partial charge in [0.25, 0.3) is 0 Å². The zero-order valence-electron chi connectivity index (χ0n) is 7.04. The average molecular weight is 229 g/mol. The number of carbonyl (C=O) groups is 1. The fourth-order valence-electron chi connectivity index (χ4n) is 1.00. The molecule has 0 N–H and O–H groups in total. The Morgan fingerprint density at radius 3 is 2.09 bits per heavy atom. The molecule has 1 amide bonds. The molecule has 1 fully saturated rings. The molecule has 0 bridgehead atoms. The summed E-state index contributed by atoms with van der Waals surface area (Å²) in [6, 6.07) is 0. The van der Waals surface area contributed by atoms with Gasteiger partial charge in [-0.05, 0) is 0 Å². The predicted molar refractivity (Wildman–Crippen MR) is 37.2 cm³/mol. The van der Waals surface area contributed by atoms with Crippen LogP contribution in [0.4, 0.5) is 0 Å². The van der Waals surface area contributed by atoms with Gasteiger partial charge in [0.15, 0.2) is 0 Å². The van der Waals surface area contributed by atoms with Crippen LogP contribution in [0.3, 0.4) is 0 Å². The Labute approximate surface area is 115 Å². The van der Waals surface area contributed by atoms with Gasteiger partial charge in [0.2, 0.25) is 5.91 Å². The van der Waals surface area contributed by atoms with Crippen molar-refractivity contribution in [2.75, 3.05) is 26.2 Å². The summed E-state index contributed by atoms with van der Waals surface area (Å²) in [5, 5.41) is 11.6. The van der Waals surface area contributed by atoms with Crippen LogP contribution in [0.1, 0.15) is 6.92 Å². The molecule has 0 aromatic rings.